The monoisotopic (exact) mass is 223 g/mol. The Morgan fingerprint density at radius 3 is 2.19 bits per heavy atom. The molecule has 90 valence electrons. The van der Waals surface area contributed by atoms with Crippen molar-refractivity contribution >= 4 is 0 Å². The Morgan fingerprint density at radius 1 is 1.06 bits per heavy atom. The van der Waals surface area contributed by atoms with Gasteiger partial charge in [0.2, 0.25) is 0 Å². The minimum Gasteiger partial charge on any atom is -0.497 e. The van der Waals surface area contributed by atoms with Crippen LogP contribution in [0.25, 0.3) is 0 Å². The number of benzene rings is 1. The van der Waals surface area contributed by atoms with Gasteiger partial charge in [0.1, 0.15) is 11.5 Å². The first-order valence-corrected chi connectivity index (χ1v) is 5.72. The van der Waals surface area contributed by atoms with E-state index in [2.05, 4.69) is 24.4 Å². The zero-order valence-electron chi connectivity index (χ0n) is 10.4. The van der Waals surface area contributed by atoms with Crippen LogP contribution in [-0.2, 0) is 6.42 Å². The van der Waals surface area contributed by atoms with Crippen LogP contribution in [0.4, 0.5) is 0 Å². The summed E-state index contributed by atoms with van der Waals surface area (Å²) < 4.78 is 10.5. The van der Waals surface area contributed by atoms with Gasteiger partial charge < -0.3 is 14.8 Å². The number of methoxy groups -OCH3 is 2. The number of nitrogens with one attached hydrogen (secondary N) is 1. The van der Waals surface area contributed by atoms with Crippen LogP contribution in [0, 0.1) is 0 Å². The molecule has 3 heteroatoms. The molecule has 1 aromatic carbocycles. The minimum absolute atomic E-state index is 0.859. The molecule has 0 aliphatic carbocycles. The molecule has 1 aromatic rings. The fourth-order valence-electron chi connectivity index (χ4n) is 1.60. The fraction of sp³-hybridized carbons (Fsp3) is 0.538. The van der Waals surface area contributed by atoms with Gasteiger partial charge in [0, 0.05) is 6.07 Å². The second kappa shape index (κ2) is 7.12. The van der Waals surface area contributed by atoms with Crippen molar-refractivity contribution < 1.29 is 9.47 Å². The SMILES string of the molecule is CCNCCCc1cc(OC)cc(OC)c1. The topological polar surface area (TPSA) is 30.5 Å². The van der Waals surface area contributed by atoms with Crippen molar-refractivity contribution in [2.24, 2.45) is 0 Å². The molecule has 0 bridgehead atoms. The maximum absolute atomic E-state index is 5.23. The van der Waals surface area contributed by atoms with Crippen molar-refractivity contribution in [2.45, 2.75) is 19.8 Å². The summed E-state index contributed by atoms with van der Waals surface area (Å²) >= 11 is 0. The van der Waals surface area contributed by atoms with Crippen LogP contribution in [0.15, 0.2) is 18.2 Å². The summed E-state index contributed by atoms with van der Waals surface area (Å²) in [6.45, 7) is 4.20. The highest BCUT2D eigenvalue weighted by molar-refractivity contribution is 5.38. The van der Waals surface area contributed by atoms with E-state index in [-0.39, 0.29) is 0 Å². The van der Waals surface area contributed by atoms with Crippen LogP contribution in [0.1, 0.15) is 18.9 Å². The standard InChI is InChI=1S/C13H21NO2/c1-4-14-7-5-6-11-8-12(15-2)10-13(9-11)16-3/h8-10,14H,4-7H2,1-3H3. The quantitative estimate of drug-likeness (QED) is 0.719. The lowest BCUT2D eigenvalue weighted by atomic mass is 10.1. The second-order valence-corrected chi connectivity index (χ2v) is 3.68. The molecule has 0 saturated carbocycles. The van der Waals surface area contributed by atoms with Crippen LogP contribution < -0.4 is 14.8 Å². The highest BCUT2D eigenvalue weighted by Crippen LogP contribution is 2.23. The van der Waals surface area contributed by atoms with E-state index in [1.165, 1.54) is 5.56 Å². The van der Waals surface area contributed by atoms with E-state index >= 15 is 0 Å². The van der Waals surface area contributed by atoms with Gasteiger partial charge in [0.15, 0.2) is 0 Å². The van der Waals surface area contributed by atoms with E-state index in [1.54, 1.807) is 14.2 Å². The van der Waals surface area contributed by atoms with Crippen LogP contribution >= 0.6 is 0 Å². The highest BCUT2D eigenvalue weighted by Gasteiger charge is 2.01. The first-order chi connectivity index (χ1) is 7.80. The van der Waals surface area contributed by atoms with Crippen LogP contribution in [0.2, 0.25) is 0 Å². The Morgan fingerprint density at radius 2 is 1.69 bits per heavy atom. The van der Waals surface area contributed by atoms with Gasteiger partial charge in [-0.1, -0.05) is 6.92 Å². The lowest BCUT2D eigenvalue weighted by Gasteiger charge is -2.08. The van der Waals surface area contributed by atoms with Gasteiger partial charge in [-0.05, 0) is 43.6 Å². The normalized spacial score (nSPS) is 10.2. The lowest BCUT2D eigenvalue weighted by Crippen LogP contribution is -2.14. The summed E-state index contributed by atoms with van der Waals surface area (Å²) in [4.78, 5) is 0. The van der Waals surface area contributed by atoms with E-state index < -0.39 is 0 Å². The molecule has 0 heterocycles. The van der Waals surface area contributed by atoms with Gasteiger partial charge in [-0.3, -0.25) is 0 Å². The third-order valence-corrected chi connectivity index (χ3v) is 2.48. The molecule has 3 nitrogen and oxygen atoms in total. The smallest absolute Gasteiger partial charge is 0.122 e. The number of hydrogen-bond acceptors (Lipinski definition) is 3. The average molecular weight is 223 g/mol. The number of rotatable bonds is 7. The molecule has 0 fully saturated rings. The van der Waals surface area contributed by atoms with Gasteiger partial charge in [-0.15, -0.1) is 0 Å². The molecule has 0 aliphatic rings. The second-order valence-electron chi connectivity index (χ2n) is 3.68. The largest absolute Gasteiger partial charge is 0.497 e. The van der Waals surface area contributed by atoms with E-state index in [4.69, 9.17) is 9.47 Å². The highest BCUT2D eigenvalue weighted by atomic mass is 16.5. The number of aryl methyl sites for hydroxylation is 1. The minimum atomic E-state index is 0.859. The van der Waals surface area contributed by atoms with Gasteiger partial charge in [-0.2, -0.15) is 0 Å². The van der Waals surface area contributed by atoms with Gasteiger partial charge in [-0.25, -0.2) is 0 Å². The molecule has 0 spiro atoms. The summed E-state index contributed by atoms with van der Waals surface area (Å²) in [6.07, 6.45) is 2.17. The zero-order valence-corrected chi connectivity index (χ0v) is 10.4. The van der Waals surface area contributed by atoms with E-state index in [9.17, 15) is 0 Å². The van der Waals surface area contributed by atoms with Crippen molar-refractivity contribution in [3.05, 3.63) is 23.8 Å². The third-order valence-electron chi connectivity index (χ3n) is 2.48. The van der Waals surface area contributed by atoms with E-state index in [1.807, 2.05) is 6.07 Å². The summed E-state index contributed by atoms with van der Waals surface area (Å²) in [6, 6.07) is 6.02. The molecule has 0 atom stereocenters. The Labute approximate surface area is 97.8 Å². The maximum atomic E-state index is 5.23. The lowest BCUT2D eigenvalue weighted by molar-refractivity contribution is 0.393. The summed E-state index contributed by atoms with van der Waals surface area (Å²) in [5, 5.41) is 3.31. The van der Waals surface area contributed by atoms with E-state index in [0.717, 1.165) is 37.4 Å². The predicted octanol–water partition coefficient (Wildman–Crippen LogP) is 2.25. The molecule has 0 amide bonds. The molecule has 1 rings (SSSR count). The van der Waals surface area contributed by atoms with Crippen molar-refractivity contribution in [3.63, 3.8) is 0 Å². The molecule has 1 N–H and O–H groups in total. The summed E-state index contributed by atoms with van der Waals surface area (Å²) in [5.41, 5.74) is 1.26. The maximum Gasteiger partial charge on any atom is 0.122 e. The van der Waals surface area contributed by atoms with Crippen LogP contribution in [-0.4, -0.2) is 27.3 Å². The average Bonchev–Trinajstić information content (AvgIpc) is 2.34. The first-order valence-electron chi connectivity index (χ1n) is 5.72. The Hall–Kier alpha value is -1.22. The molecule has 0 unspecified atom stereocenters. The molecule has 0 saturated heterocycles. The first kappa shape index (κ1) is 12.8. The molecule has 16 heavy (non-hydrogen) atoms. The third kappa shape index (κ3) is 4.11. The number of ether oxygens (including phenoxy) is 2. The predicted molar refractivity (Wildman–Crippen MR) is 66.4 cm³/mol. The van der Waals surface area contributed by atoms with Crippen molar-refractivity contribution in [3.8, 4) is 11.5 Å². The Balaban J connectivity index is 2.57. The molecular formula is C13H21NO2. The Bertz CT molecular complexity index is 291. The van der Waals surface area contributed by atoms with Gasteiger partial charge >= 0.3 is 0 Å². The molecule has 0 aromatic heterocycles. The van der Waals surface area contributed by atoms with Gasteiger partial charge in [0.25, 0.3) is 0 Å². The van der Waals surface area contributed by atoms with Crippen LogP contribution in [0.5, 0.6) is 11.5 Å². The van der Waals surface area contributed by atoms with Crippen LogP contribution in [0.3, 0.4) is 0 Å². The van der Waals surface area contributed by atoms with Crippen molar-refractivity contribution in [1.29, 1.82) is 0 Å². The Kier molecular flexibility index (Phi) is 5.72. The van der Waals surface area contributed by atoms with Crippen molar-refractivity contribution in [2.75, 3.05) is 27.3 Å². The van der Waals surface area contributed by atoms with E-state index in [0.29, 0.717) is 0 Å². The molecular weight excluding hydrogens is 202 g/mol. The summed E-state index contributed by atoms with van der Waals surface area (Å²) in [7, 11) is 3.36. The number of hydrogen-bond donors (Lipinski definition) is 1. The van der Waals surface area contributed by atoms with Gasteiger partial charge in [0.05, 0.1) is 14.2 Å². The summed E-state index contributed by atoms with van der Waals surface area (Å²) in [5.74, 6) is 1.72. The molecule has 0 radical (unpaired) electrons. The zero-order chi connectivity index (χ0) is 11.8. The van der Waals surface area contributed by atoms with Crippen molar-refractivity contribution in [1.82, 2.24) is 5.32 Å². The molecule has 0 aliphatic heterocycles. The fourth-order valence-corrected chi connectivity index (χ4v) is 1.60.